The summed E-state index contributed by atoms with van der Waals surface area (Å²) >= 11 is 0. The summed E-state index contributed by atoms with van der Waals surface area (Å²) in [5.41, 5.74) is 5.03. The average Bonchev–Trinajstić information content (AvgIpc) is 3.74. The first-order valence-corrected chi connectivity index (χ1v) is 21.0. The molecule has 12 heteroatoms. The maximum absolute atomic E-state index is 13.2. The van der Waals surface area contributed by atoms with Crippen LogP contribution in [-0.4, -0.2) is 63.8 Å². The van der Waals surface area contributed by atoms with Crippen molar-refractivity contribution in [1.82, 2.24) is 4.98 Å². The van der Waals surface area contributed by atoms with E-state index in [1.165, 1.54) is 28.4 Å². The van der Waals surface area contributed by atoms with Crippen LogP contribution >= 0.6 is 0 Å². The lowest BCUT2D eigenvalue weighted by molar-refractivity contribution is 0.0481. The van der Waals surface area contributed by atoms with Gasteiger partial charge in [0, 0.05) is 42.9 Å². The van der Waals surface area contributed by atoms with Gasteiger partial charge < -0.3 is 52.8 Å². The predicted molar refractivity (Wildman–Crippen MR) is 242 cm³/mol. The summed E-state index contributed by atoms with van der Waals surface area (Å²) in [6, 6.07) is 25.5. The molecule has 2 atom stereocenters. The molecule has 0 saturated heterocycles. The third kappa shape index (κ3) is 9.40. The lowest BCUT2D eigenvalue weighted by Gasteiger charge is -2.30. The average molecular weight is 858 g/mol. The number of pyridine rings is 1. The number of methoxy groups -OCH3 is 4. The van der Waals surface area contributed by atoms with Gasteiger partial charge in [-0.3, -0.25) is 0 Å². The Morgan fingerprint density at radius 3 is 2.02 bits per heavy atom. The van der Waals surface area contributed by atoms with Crippen molar-refractivity contribution in [2.75, 3.05) is 48.6 Å². The Morgan fingerprint density at radius 1 is 0.714 bits per heavy atom. The molecule has 0 aliphatic heterocycles. The van der Waals surface area contributed by atoms with Crippen molar-refractivity contribution in [3.63, 3.8) is 0 Å². The summed E-state index contributed by atoms with van der Waals surface area (Å²) in [6.45, 7) is 3.85. The van der Waals surface area contributed by atoms with Crippen molar-refractivity contribution in [1.29, 1.82) is 0 Å². The minimum atomic E-state index is -1.28. The second-order valence-corrected chi connectivity index (χ2v) is 14.9. The maximum Gasteiger partial charge on any atom is 0.225 e. The fourth-order valence-electron chi connectivity index (χ4n) is 8.33. The van der Waals surface area contributed by atoms with E-state index in [0.29, 0.717) is 69.9 Å². The molecule has 1 heterocycles. The molecule has 0 radical (unpaired) electrons. The first-order chi connectivity index (χ1) is 30.9. The van der Waals surface area contributed by atoms with E-state index in [4.69, 9.17) is 47.6 Å². The van der Waals surface area contributed by atoms with Crippen LogP contribution in [-0.2, 0) is 35.7 Å². The molecule has 12 nitrogen and oxygen atoms in total. The van der Waals surface area contributed by atoms with Crippen molar-refractivity contribution < 1.29 is 52.8 Å². The van der Waals surface area contributed by atoms with Crippen LogP contribution in [0.4, 0.5) is 0 Å². The molecule has 7 rings (SSSR count). The minimum Gasteiger partial charge on any atom is -0.496 e. The summed E-state index contributed by atoms with van der Waals surface area (Å²) in [4.78, 5) is 4.95. The minimum absolute atomic E-state index is 0.113. The largest absolute Gasteiger partial charge is 0.496 e. The Labute approximate surface area is 368 Å². The maximum atomic E-state index is 13.2. The number of aliphatic hydroxyl groups is 2. The molecule has 330 valence electrons. The fourth-order valence-corrected chi connectivity index (χ4v) is 8.33. The van der Waals surface area contributed by atoms with E-state index in [1.807, 2.05) is 105 Å². The van der Waals surface area contributed by atoms with E-state index in [2.05, 4.69) is 6.07 Å². The number of ether oxygens (including phenoxy) is 9. The van der Waals surface area contributed by atoms with Crippen molar-refractivity contribution in [2.45, 2.75) is 58.5 Å². The van der Waals surface area contributed by atoms with Gasteiger partial charge in [-0.15, -0.1) is 0 Å². The molecule has 0 fully saturated rings. The molecule has 2 unspecified atom stereocenters. The Kier molecular flexibility index (Phi) is 15.0. The Balaban J connectivity index is 1.51. The standard InChI is InChI=1S/C51H55NO11/c1-7-9-12-21-36-25-35-24-34-22-23-37(41(34)49(42(35)51(52-36)59-8-2)60-28-32-17-13-10-14-18-32)46(54)43-38(27-53)47(58-6)45-44(50(43)61-29-33-19-15-11-16-20-33)39(62-30-55-3)26-40(57-5)48(45)63-31-56-4/h7,9-21,24-26,37,46,53-54H,8,22-23,27-31H2,1-6H3/b9-7+,21-12+. The van der Waals surface area contributed by atoms with Gasteiger partial charge in [-0.2, -0.15) is 0 Å². The van der Waals surface area contributed by atoms with Gasteiger partial charge in [-0.05, 0) is 60.9 Å². The quantitative estimate of drug-likeness (QED) is 0.0527. The van der Waals surface area contributed by atoms with Crippen molar-refractivity contribution in [2.24, 2.45) is 0 Å². The summed E-state index contributed by atoms with van der Waals surface area (Å²) in [7, 11) is 6.05. The number of rotatable bonds is 21. The van der Waals surface area contributed by atoms with E-state index in [-0.39, 0.29) is 44.0 Å². The lowest BCUT2D eigenvalue weighted by Crippen LogP contribution is -2.16. The topological polar surface area (TPSA) is 136 Å². The van der Waals surface area contributed by atoms with Crippen LogP contribution in [0.5, 0.6) is 40.4 Å². The number of allylic oxidation sites excluding steroid dienone is 3. The highest BCUT2D eigenvalue weighted by molar-refractivity contribution is 6.06. The van der Waals surface area contributed by atoms with Gasteiger partial charge in [0.05, 0.1) is 55.4 Å². The number of hydrogen-bond acceptors (Lipinski definition) is 12. The Morgan fingerprint density at radius 2 is 1.40 bits per heavy atom. The van der Waals surface area contributed by atoms with E-state index in [9.17, 15) is 10.2 Å². The summed E-state index contributed by atoms with van der Waals surface area (Å²) in [5, 5.41) is 27.1. The molecule has 6 aromatic rings. The van der Waals surface area contributed by atoms with Gasteiger partial charge in [-0.25, -0.2) is 4.98 Å². The molecule has 1 aliphatic rings. The van der Waals surface area contributed by atoms with Crippen LogP contribution in [0, 0.1) is 0 Å². The molecule has 0 spiro atoms. The number of nitrogens with zero attached hydrogens (tertiary/aromatic N) is 1. The normalized spacial score (nSPS) is 14.1. The zero-order valence-electron chi connectivity index (χ0n) is 36.6. The highest BCUT2D eigenvalue weighted by Gasteiger charge is 2.40. The van der Waals surface area contributed by atoms with Gasteiger partial charge in [-0.1, -0.05) is 85.0 Å². The van der Waals surface area contributed by atoms with Gasteiger partial charge in [0.1, 0.15) is 36.2 Å². The molecule has 2 N–H and O–H groups in total. The van der Waals surface area contributed by atoms with Crippen LogP contribution in [0.15, 0.2) is 97.1 Å². The van der Waals surface area contributed by atoms with Gasteiger partial charge >= 0.3 is 0 Å². The van der Waals surface area contributed by atoms with Crippen LogP contribution in [0.2, 0.25) is 0 Å². The first kappa shape index (κ1) is 44.7. The first-order valence-electron chi connectivity index (χ1n) is 21.0. The van der Waals surface area contributed by atoms with Crippen molar-refractivity contribution in [3.8, 4) is 40.4 Å². The molecule has 63 heavy (non-hydrogen) atoms. The molecule has 0 amide bonds. The lowest BCUT2D eigenvalue weighted by atomic mass is 9.84. The monoisotopic (exact) mass is 857 g/mol. The van der Waals surface area contributed by atoms with Crippen molar-refractivity contribution >= 4 is 27.6 Å². The Bertz CT molecular complexity index is 2560. The van der Waals surface area contributed by atoms with Crippen LogP contribution < -0.4 is 33.2 Å². The summed E-state index contributed by atoms with van der Waals surface area (Å²) in [6.07, 6.45) is 7.70. The van der Waals surface area contributed by atoms with Gasteiger partial charge in [0.15, 0.2) is 25.1 Å². The number of aromatic nitrogens is 1. The van der Waals surface area contributed by atoms with Crippen molar-refractivity contribution in [3.05, 3.63) is 136 Å². The summed E-state index contributed by atoms with van der Waals surface area (Å²) < 4.78 is 55.2. The highest BCUT2D eigenvalue weighted by Crippen LogP contribution is 2.58. The van der Waals surface area contributed by atoms with Gasteiger partial charge in [0.25, 0.3) is 0 Å². The second kappa shape index (κ2) is 21.2. The second-order valence-electron chi connectivity index (χ2n) is 14.9. The van der Waals surface area contributed by atoms with E-state index in [1.54, 1.807) is 6.07 Å². The van der Waals surface area contributed by atoms with Crippen LogP contribution in [0.3, 0.4) is 0 Å². The van der Waals surface area contributed by atoms with Gasteiger partial charge in [0.2, 0.25) is 5.88 Å². The van der Waals surface area contributed by atoms with Crippen LogP contribution in [0.25, 0.3) is 27.6 Å². The third-order valence-corrected chi connectivity index (χ3v) is 11.0. The SMILES string of the molecule is C/C=C/C=C/c1cc2cc3c(c(OCc4ccccc4)c2c(OCC)n1)C(C(O)c1c(CO)c(OC)c2c(OCOC)c(OC)cc(OCOC)c2c1OCc1ccccc1)CC3. The third-order valence-electron chi connectivity index (χ3n) is 11.0. The van der Waals surface area contributed by atoms with E-state index < -0.39 is 18.6 Å². The molecule has 0 saturated carbocycles. The number of fused-ring (bicyclic) bond motifs is 3. The predicted octanol–water partition coefficient (Wildman–Crippen LogP) is 9.77. The highest BCUT2D eigenvalue weighted by atomic mass is 16.7. The van der Waals surface area contributed by atoms with Crippen LogP contribution in [0.1, 0.15) is 71.4 Å². The number of aryl methyl sites for hydroxylation is 1. The number of benzene rings is 5. The molecule has 1 aliphatic carbocycles. The van der Waals surface area contributed by atoms with E-state index in [0.717, 1.165) is 33.3 Å². The molecule has 1 aromatic heterocycles. The Hall–Kier alpha value is -6.31. The molecule has 0 bridgehead atoms. The molecular weight excluding hydrogens is 803 g/mol. The summed E-state index contributed by atoms with van der Waals surface area (Å²) in [5.74, 6) is 1.82. The fraction of sp³-hybridized carbons (Fsp3) is 0.314. The number of hydrogen-bond donors (Lipinski definition) is 2. The number of aliphatic hydroxyl groups excluding tert-OH is 2. The molecular formula is C51H55NO11. The zero-order chi connectivity index (χ0) is 44.3. The zero-order valence-corrected chi connectivity index (χ0v) is 36.6. The smallest absolute Gasteiger partial charge is 0.225 e. The molecule has 5 aromatic carbocycles. The van der Waals surface area contributed by atoms with E-state index >= 15 is 0 Å².